The normalized spacial score (nSPS) is 26.3. The number of urea groups is 1. The quantitative estimate of drug-likeness (QED) is 0.781. The van der Waals surface area contributed by atoms with Gasteiger partial charge in [-0.15, -0.1) is 0 Å². The predicted molar refractivity (Wildman–Crippen MR) is 104 cm³/mol. The summed E-state index contributed by atoms with van der Waals surface area (Å²) in [5.74, 6) is 0.817. The number of piperidine rings is 1. The Kier molecular flexibility index (Phi) is 6.16. The van der Waals surface area contributed by atoms with Crippen LogP contribution in [-0.2, 0) is 9.53 Å². The molecule has 0 aliphatic carbocycles. The average molecular weight is 371 g/mol. The molecule has 1 aromatic rings. The Morgan fingerprint density at radius 3 is 2.48 bits per heavy atom. The van der Waals surface area contributed by atoms with Crippen molar-refractivity contribution in [3.63, 3.8) is 0 Å². The van der Waals surface area contributed by atoms with Gasteiger partial charge in [0.1, 0.15) is 0 Å². The first-order chi connectivity index (χ1) is 13.0. The molecule has 2 amide bonds. The second kappa shape index (κ2) is 8.57. The zero-order chi connectivity index (χ0) is 19.4. The van der Waals surface area contributed by atoms with Crippen LogP contribution in [0.2, 0.25) is 0 Å². The highest BCUT2D eigenvalue weighted by Crippen LogP contribution is 2.29. The number of nitrogens with zero attached hydrogens (tertiary/aromatic N) is 1. The van der Waals surface area contributed by atoms with Crippen molar-refractivity contribution in [1.29, 1.82) is 0 Å². The number of hydrogen-bond acceptors (Lipinski definition) is 4. The number of esters is 1. The molecule has 2 aliphatic rings. The molecule has 1 fully saturated rings. The van der Waals surface area contributed by atoms with Crippen LogP contribution in [0.1, 0.15) is 38.8 Å². The highest BCUT2D eigenvalue weighted by molar-refractivity contribution is 5.95. The van der Waals surface area contributed by atoms with E-state index in [0.29, 0.717) is 36.3 Å². The Balaban J connectivity index is 1.95. The summed E-state index contributed by atoms with van der Waals surface area (Å²) in [7, 11) is 0. The first kappa shape index (κ1) is 19.4. The van der Waals surface area contributed by atoms with E-state index < -0.39 is 6.04 Å². The zero-order valence-corrected chi connectivity index (χ0v) is 16.3. The molecule has 0 unspecified atom stereocenters. The van der Waals surface area contributed by atoms with Gasteiger partial charge in [-0.1, -0.05) is 44.2 Å². The molecule has 3 atom stereocenters. The largest absolute Gasteiger partial charge is 0.463 e. The second-order valence-corrected chi connectivity index (χ2v) is 7.69. The summed E-state index contributed by atoms with van der Waals surface area (Å²) in [5.41, 5.74) is 2.01. The lowest BCUT2D eigenvalue weighted by atomic mass is 9.91. The van der Waals surface area contributed by atoms with E-state index in [0.717, 1.165) is 18.7 Å². The fraction of sp³-hybridized carbons (Fsp3) is 0.524. The summed E-state index contributed by atoms with van der Waals surface area (Å²) in [4.78, 5) is 27.4. The number of nitrogens with one attached hydrogen (secondary N) is 2. The molecule has 2 N–H and O–H groups in total. The number of likely N-dealkylation sites (tertiary alicyclic amines) is 1. The number of rotatable bonds is 5. The number of hydrogen-bond donors (Lipinski definition) is 2. The maximum absolute atomic E-state index is 12.8. The van der Waals surface area contributed by atoms with Gasteiger partial charge >= 0.3 is 12.0 Å². The van der Waals surface area contributed by atoms with Gasteiger partial charge in [0.15, 0.2) is 0 Å². The number of carbonyl (C=O) groups excluding carboxylic acids is 2. The van der Waals surface area contributed by atoms with Crippen molar-refractivity contribution < 1.29 is 14.3 Å². The van der Waals surface area contributed by atoms with Crippen molar-refractivity contribution >= 4 is 12.0 Å². The van der Waals surface area contributed by atoms with E-state index >= 15 is 0 Å². The maximum Gasteiger partial charge on any atom is 0.338 e. The third-order valence-electron chi connectivity index (χ3n) is 5.11. The van der Waals surface area contributed by atoms with Gasteiger partial charge < -0.3 is 15.4 Å². The Labute approximate surface area is 161 Å². The molecule has 6 heteroatoms. The van der Waals surface area contributed by atoms with Gasteiger partial charge in [0.05, 0.1) is 18.2 Å². The molecule has 0 bridgehead atoms. The summed E-state index contributed by atoms with van der Waals surface area (Å²) < 4.78 is 5.32. The van der Waals surface area contributed by atoms with Crippen molar-refractivity contribution in [3.8, 4) is 0 Å². The highest BCUT2D eigenvalue weighted by Gasteiger charge is 2.35. The van der Waals surface area contributed by atoms with Gasteiger partial charge in [-0.3, -0.25) is 4.90 Å². The van der Waals surface area contributed by atoms with Crippen LogP contribution in [-0.4, -0.2) is 43.1 Å². The summed E-state index contributed by atoms with van der Waals surface area (Å²) in [6, 6.07) is 8.76. The van der Waals surface area contributed by atoms with Crippen LogP contribution >= 0.6 is 0 Å². The van der Waals surface area contributed by atoms with E-state index in [-0.39, 0.29) is 12.0 Å². The van der Waals surface area contributed by atoms with Crippen LogP contribution in [0.3, 0.4) is 0 Å². The molecule has 6 nitrogen and oxygen atoms in total. The fourth-order valence-corrected chi connectivity index (χ4v) is 4.23. The van der Waals surface area contributed by atoms with E-state index in [4.69, 9.17) is 4.74 Å². The van der Waals surface area contributed by atoms with Crippen LogP contribution in [0.25, 0.3) is 0 Å². The van der Waals surface area contributed by atoms with E-state index in [9.17, 15) is 9.59 Å². The number of amides is 2. The minimum absolute atomic E-state index is 0.287. The van der Waals surface area contributed by atoms with E-state index in [1.807, 2.05) is 30.3 Å². The van der Waals surface area contributed by atoms with Crippen molar-refractivity contribution in [2.24, 2.45) is 11.8 Å². The van der Waals surface area contributed by atoms with Crippen LogP contribution in [0, 0.1) is 11.8 Å². The lowest BCUT2D eigenvalue weighted by Crippen LogP contribution is -2.50. The van der Waals surface area contributed by atoms with Crippen LogP contribution < -0.4 is 10.6 Å². The standard InChI is InChI=1S/C21H29N3O3/c1-4-27-20(25)18-17(13-24-11-14(2)10-15(3)12-24)22-21(26)23-19(18)16-8-6-5-7-9-16/h5-9,14-15,19H,4,10-13H2,1-3H3,(H2,22,23,26)/t14-,15+,19-/m0/s1. The Bertz CT molecular complexity index is 707. The zero-order valence-electron chi connectivity index (χ0n) is 16.3. The van der Waals surface area contributed by atoms with Crippen LogP contribution in [0.5, 0.6) is 0 Å². The van der Waals surface area contributed by atoms with E-state index in [1.54, 1.807) is 6.92 Å². The minimum atomic E-state index is -0.506. The maximum atomic E-state index is 12.8. The molecule has 1 aromatic carbocycles. The van der Waals surface area contributed by atoms with E-state index in [1.165, 1.54) is 6.42 Å². The van der Waals surface area contributed by atoms with Gasteiger partial charge in [-0.25, -0.2) is 9.59 Å². The van der Waals surface area contributed by atoms with E-state index in [2.05, 4.69) is 29.4 Å². The monoisotopic (exact) mass is 371 g/mol. The van der Waals surface area contributed by atoms with Crippen molar-refractivity contribution in [2.45, 2.75) is 33.2 Å². The van der Waals surface area contributed by atoms with Crippen LogP contribution in [0.4, 0.5) is 4.79 Å². The summed E-state index contributed by atoms with van der Waals surface area (Å²) >= 11 is 0. The molecule has 2 aliphatic heterocycles. The topological polar surface area (TPSA) is 70.7 Å². The molecule has 2 heterocycles. The molecule has 0 aromatic heterocycles. The predicted octanol–water partition coefficient (Wildman–Crippen LogP) is 2.84. The van der Waals surface area contributed by atoms with Gasteiger partial charge in [-0.05, 0) is 30.7 Å². The molecule has 0 radical (unpaired) electrons. The van der Waals surface area contributed by atoms with Gasteiger partial charge in [0.25, 0.3) is 0 Å². The lowest BCUT2D eigenvalue weighted by molar-refractivity contribution is -0.139. The number of ether oxygens (including phenoxy) is 1. The first-order valence-electron chi connectivity index (χ1n) is 9.72. The molecule has 27 heavy (non-hydrogen) atoms. The molecule has 3 rings (SSSR count). The third-order valence-corrected chi connectivity index (χ3v) is 5.11. The van der Waals surface area contributed by atoms with Gasteiger partial charge in [0, 0.05) is 25.3 Å². The Hall–Kier alpha value is -2.34. The van der Waals surface area contributed by atoms with Crippen molar-refractivity contribution in [2.75, 3.05) is 26.2 Å². The minimum Gasteiger partial charge on any atom is -0.463 e. The molecule has 0 saturated carbocycles. The molecular formula is C21H29N3O3. The summed E-state index contributed by atoms with van der Waals surface area (Å²) in [5, 5.41) is 5.75. The number of carbonyl (C=O) groups is 2. The average Bonchev–Trinajstić information content (AvgIpc) is 2.61. The van der Waals surface area contributed by atoms with Crippen LogP contribution in [0.15, 0.2) is 41.6 Å². The molecule has 1 saturated heterocycles. The smallest absolute Gasteiger partial charge is 0.338 e. The molecule has 146 valence electrons. The van der Waals surface area contributed by atoms with Gasteiger partial charge in [-0.2, -0.15) is 0 Å². The first-order valence-corrected chi connectivity index (χ1v) is 9.72. The molecule has 0 spiro atoms. The highest BCUT2D eigenvalue weighted by atomic mass is 16.5. The summed E-state index contributed by atoms with van der Waals surface area (Å²) in [6.07, 6.45) is 1.21. The summed E-state index contributed by atoms with van der Waals surface area (Å²) in [6.45, 7) is 9.04. The van der Waals surface area contributed by atoms with Crippen molar-refractivity contribution in [3.05, 3.63) is 47.2 Å². The Morgan fingerprint density at radius 2 is 1.85 bits per heavy atom. The number of benzene rings is 1. The second-order valence-electron chi connectivity index (χ2n) is 7.69. The van der Waals surface area contributed by atoms with Gasteiger partial charge in [0.2, 0.25) is 0 Å². The third kappa shape index (κ3) is 4.69. The SMILES string of the molecule is CCOC(=O)C1=C(CN2C[C@H](C)C[C@H](C)C2)NC(=O)N[C@H]1c1ccccc1. The Morgan fingerprint density at radius 1 is 1.19 bits per heavy atom. The fourth-order valence-electron chi connectivity index (χ4n) is 4.23. The lowest BCUT2D eigenvalue weighted by Gasteiger charge is -2.37. The molecular weight excluding hydrogens is 342 g/mol. The van der Waals surface area contributed by atoms with Crippen molar-refractivity contribution in [1.82, 2.24) is 15.5 Å².